The molecule has 0 aliphatic heterocycles. The summed E-state index contributed by atoms with van der Waals surface area (Å²) in [4.78, 5) is 0. The molecule has 0 N–H and O–H groups in total. The largest absolute Gasteiger partial charge is 1.00 e. The van der Waals surface area contributed by atoms with Crippen LogP contribution in [0.1, 0.15) is 12.8 Å². The van der Waals surface area contributed by atoms with Crippen molar-refractivity contribution in [2.24, 2.45) is 0 Å². The molecule has 0 amide bonds. The summed E-state index contributed by atoms with van der Waals surface area (Å²) in [6.45, 7) is 19.8. The van der Waals surface area contributed by atoms with Crippen molar-refractivity contribution in [3.63, 3.8) is 0 Å². The Labute approximate surface area is 192 Å². The van der Waals surface area contributed by atoms with Crippen molar-refractivity contribution < 1.29 is 45.4 Å². The van der Waals surface area contributed by atoms with Gasteiger partial charge in [-0.2, -0.15) is 0 Å². The molecule has 2 aliphatic carbocycles. The van der Waals surface area contributed by atoms with Gasteiger partial charge in [-0.3, -0.25) is 0 Å². The molecule has 0 unspecified atom stereocenters. The zero-order valence-corrected chi connectivity index (χ0v) is 22.8. The van der Waals surface area contributed by atoms with Crippen LogP contribution in [-0.2, 0) is 20.6 Å². The van der Waals surface area contributed by atoms with Crippen molar-refractivity contribution in [2.45, 2.75) is 12.8 Å². The standard InChI is InChI=1S/C12H21N2Si.2C5H5.2ClH.Hf/c1-5-9-13(10-6-2)15-14(11-7-3)12-8-4;2*1-2-4-5-3-1;;;/h5-8,15H,1-4,9-12H2;2*1-3H,4H2;2*1H;/q;;;;;+2/p-2. The fourth-order valence-electron chi connectivity index (χ4n) is 3.64. The van der Waals surface area contributed by atoms with E-state index in [0.29, 0.717) is 0 Å². The van der Waals surface area contributed by atoms with Gasteiger partial charge in [0.15, 0.2) is 0 Å². The Morgan fingerprint density at radius 3 is 1.36 bits per heavy atom. The minimum Gasteiger partial charge on any atom is -1.00 e. The fourth-order valence-corrected chi connectivity index (χ4v) is 35.8. The second-order valence-electron chi connectivity index (χ2n) is 6.50. The number of hydrogen-bond acceptors (Lipinski definition) is 2. The molecule has 28 heavy (non-hydrogen) atoms. The summed E-state index contributed by atoms with van der Waals surface area (Å²) in [6, 6.07) is 0. The Morgan fingerprint density at radius 1 is 0.750 bits per heavy atom. The maximum absolute atomic E-state index is 4.03. The van der Waals surface area contributed by atoms with Crippen LogP contribution in [0.4, 0.5) is 0 Å². The summed E-state index contributed by atoms with van der Waals surface area (Å²) in [5.41, 5.74) is 0. The molecule has 0 saturated carbocycles. The molecule has 0 heterocycles. The Kier molecular flexibility index (Phi) is 15.1. The second kappa shape index (κ2) is 15.4. The van der Waals surface area contributed by atoms with E-state index in [4.69, 9.17) is 0 Å². The van der Waals surface area contributed by atoms with Crippen molar-refractivity contribution in [1.29, 1.82) is 0 Å². The van der Waals surface area contributed by atoms with Gasteiger partial charge in [0.2, 0.25) is 0 Å². The molecule has 0 saturated heterocycles. The van der Waals surface area contributed by atoms with Crippen LogP contribution >= 0.6 is 0 Å². The fraction of sp³-hybridized carbons (Fsp3) is 0.273. The van der Waals surface area contributed by atoms with E-state index in [0.717, 1.165) is 39.0 Å². The Bertz CT molecular complexity index is 581. The Morgan fingerprint density at radius 2 is 1.11 bits per heavy atom. The van der Waals surface area contributed by atoms with Crippen LogP contribution in [0.15, 0.2) is 93.7 Å². The number of nitrogens with zero attached hydrogens (tertiary/aromatic N) is 2. The van der Waals surface area contributed by atoms with E-state index in [1.807, 2.05) is 0 Å². The van der Waals surface area contributed by atoms with Crippen LogP contribution in [0.2, 0.25) is 0 Å². The predicted molar refractivity (Wildman–Crippen MR) is 115 cm³/mol. The summed E-state index contributed by atoms with van der Waals surface area (Å²) in [5.74, 6) is 0. The van der Waals surface area contributed by atoms with Crippen molar-refractivity contribution in [1.82, 2.24) is 9.13 Å². The molecule has 2 rings (SSSR count). The van der Waals surface area contributed by atoms with E-state index in [2.05, 4.69) is 96.2 Å². The Balaban J connectivity index is 0.00000364. The van der Waals surface area contributed by atoms with E-state index in [9.17, 15) is 0 Å². The summed E-state index contributed by atoms with van der Waals surface area (Å²) in [6.07, 6.45) is 23.1. The van der Waals surface area contributed by atoms with Crippen LogP contribution in [0.3, 0.4) is 0 Å². The molecule has 0 aromatic carbocycles. The first-order valence-corrected chi connectivity index (χ1v) is 20.7. The summed E-state index contributed by atoms with van der Waals surface area (Å²) in [7, 11) is 0. The van der Waals surface area contributed by atoms with E-state index in [1.165, 1.54) is 0 Å². The maximum atomic E-state index is 4.03. The topological polar surface area (TPSA) is 6.48 Å². The smallest absolute Gasteiger partial charge is 1.00 e. The van der Waals surface area contributed by atoms with Crippen LogP contribution in [-0.4, -0.2) is 41.6 Å². The van der Waals surface area contributed by atoms with Gasteiger partial charge in [-0.15, -0.1) is 0 Å². The molecule has 2 nitrogen and oxygen atoms in total. The van der Waals surface area contributed by atoms with Crippen LogP contribution in [0.5, 0.6) is 0 Å². The van der Waals surface area contributed by atoms with Gasteiger partial charge in [0, 0.05) is 0 Å². The second-order valence-corrected chi connectivity index (χ2v) is 26.6. The number of rotatable bonds is 13. The summed E-state index contributed by atoms with van der Waals surface area (Å²) >= 11 is -2.24. The molecule has 0 radical (unpaired) electrons. The zero-order valence-electron chi connectivity index (χ0n) is 16.6. The number of halogens is 2. The van der Waals surface area contributed by atoms with E-state index in [-0.39, 0.29) is 24.8 Å². The quantitative estimate of drug-likeness (QED) is 0.185. The zero-order chi connectivity index (χ0) is 18.8. The molecule has 0 aromatic rings. The van der Waals surface area contributed by atoms with Gasteiger partial charge in [-0.05, 0) is 0 Å². The summed E-state index contributed by atoms with van der Waals surface area (Å²) < 4.78 is 8.87. The minimum absolute atomic E-state index is 0. The maximum Gasteiger partial charge on any atom is -1.00 e. The number of allylic oxidation sites excluding steroid dienone is 8. The molecule has 0 atom stereocenters. The Hall–Kier alpha value is -0.493. The first kappa shape index (κ1) is 27.5. The van der Waals surface area contributed by atoms with E-state index >= 15 is 0 Å². The van der Waals surface area contributed by atoms with Crippen molar-refractivity contribution >= 4 is 6.31 Å². The summed E-state index contributed by atoms with van der Waals surface area (Å²) in [5, 5.41) is 0. The van der Waals surface area contributed by atoms with Gasteiger partial charge in [-0.1, -0.05) is 0 Å². The average molecular weight is 601 g/mol. The van der Waals surface area contributed by atoms with Crippen molar-refractivity contribution in [2.75, 3.05) is 26.2 Å². The van der Waals surface area contributed by atoms with Gasteiger partial charge < -0.3 is 24.8 Å². The number of hydrogen-bond donors (Lipinski definition) is 0. The van der Waals surface area contributed by atoms with E-state index < -0.39 is 26.9 Å². The molecular weight excluding hydrogens is 570 g/mol. The van der Waals surface area contributed by atoms with Crippen molar-refractivity contribution in [3.05, 3.63) is 93.7 Å². The normalized spacial score (nSPS) is 14.4. The van der Waals surface area contributed by atoms with Gasteiger partial charge in [0.1, 0.15) is 0 Å². The molecule has 0 spiro atoms. The molecule has 151 valence electrons. The SMILES string of the molecule is C=CCN(CC=C)[SiH](N(CC=C)CC=C)[Hf+2]([C]1=CC=CC1)[C]1=CC=CC1.[Cl-].[Cl-]. The monoisotopic (exact) mass is 601 g/mol. The van der Waals surface area contributed by atoms with Gasteiger partial charge in [0.25, 0.3) is 0 Å². The van der Waals surface area contributed by atoms with Crippen LogP contribution < -0.4 is 24.8 Å². The van der Waals surface area contributed by atoms with Crippen LogP contribution in [0.25, 0.3) is 0 Å². The molecule has 0 aromatic heterocycles. The van der Waals surface area contributed by atoms with E-state index in [1.54, 1.807) is 6.66 Å². The third kappa shape index (κ3) is 7.40. The van der Waals surface area contributed by atoms with Gasteiger partial charge >= 0.3 is 169 Å². The first-order chi connectivity index (χ1) is 12.8. The molecule has 6 heteroatoms. The third-order valence-corrected chi connectivity index (χ3v) is 34.5. The van der Waals surface area contributed by atoms with Crippen molar-refractivity contribution in [3.8, 4) is 0 Å². The molecule has 2 aliphatic rings. The van der Waals surface area contributed by atoms with Gasteiger partial charge in [-0.25, -0.2) is 0 Å². The molecule has 0 bridgehead atoms. The minimum atomic E-state index is -2.24. The molecule has 0 fully saturated rings. The molecular formula is C22H31Cl2HfN2Si. The van der Waals surface area contributed by atoms with Gasteiger partial charge in [0.05, 0.1) is 0 Å². The predicted octanol–water partition coefficient (Wildman–Crippen LogP) is -1.63. The van der Waals surface area contributed by atoms with Crippen LogP contribution in [0, 0.1) is 0 Å². The average Bonchev–Trinajstić information content (AvgIpc) is 3.33. The first-order valence-electron chi connectivity index (χ1n) is 9.27. The third-order valence-electron chi connectivity index (χ3n) is 4.64.